The maximum absolute atomic E-state index is 12.6. The maximum atomic E-state index is 12.6. The van der Waals surface area contributed by atoms with Crippen LogP contribution in [-0.4, -0.2) is 26.5 Å². The van der Waals surface area contributed by atoms with Crippen molar-refractivity contribution < 1.29 is 18.0 Å². The molecule has 0 fully saturated rings. The molecular formula is C11H14Cl2F3N5O. The number of hydrogen-bond acceptors (Lipinski definition) is 4. The summed E-state index contributed by atoms with van der Waals surface area (Å²) in [7, 11) is 0. The van der Waals surface area contributed by atoms with Gasteiger partial charge in [0.15, 0.2) is 11.5 Å². The first kappa shape index (κ1) is 20.4. The molecule has 0 aromatic carbocycles. The van der Waals surface area contributed by atoms with Crippen LogP contribution in [0.15, 0.2) is 18.3 Å². The number of rotatable bonds is 3. The molecule has 0 saturated carbocycles. The predicted molar refractivity (Wildman–Crippen MR) is 78.0 cm³/mol. The molecular weight excluding hydrogens is 346 g/mol. The monoisotopic (exact) mass is 359 g/mol. The molecule has 0 spiro atoms. The Balaban J connectivity index is 0.00000220. The summed E-state index contributed by atoms with van der Waals surface area (Å²) in [6.45, 7) is 1.45. The summed E-state index contributed by atoms with van der Waals surface area (Å²) in [6, 6.07) is 1.43. The highest BCUT2D eigenvalue weighted by molar-refractivity contribution is 5.85. The topological polar surface area (TPSA) is 85.3 Å². The zero-order chi connectivity index (χ0) is 14.9. The number of alkyl halides is 3. The van der Waals surface area contributed by atoms with Gasteiger partial charge in [0.25, 0.3) is 0 Å². The van der Waals surface area contributed by atoms with E-state index in [0.717, 1.165) is 12.3 Å². The second kappa shape index (κ2) is 7.61. The molecule has 0 aliphatic rings. The fourth-order valence-electron chi connectivity index (χ4n) is 1.55. The smallest absolute Gasteiger partial charge is 0.347 e. The Morgan fingerprint density at radius 2 is 2.00 bits per heavy atom. The van der Waals surface area contributed by atoms with Gasteiger partial charge in [0.2, 0.25) is 5.91 Å². The van der Waals surface area contributed by atoms with E-state index in [1.807, 2.05) is 0 Å². The highest BCUT2D eigenvalue weighted by atomic mass is 35.5. The lowest BCUT2D eigenvalue weighted by molar-refractivity contribution is -0.137. The van der Waals surface area contributed by atoms with Crippen molar-refractivity contribution in [2.24, 2.45) is 5.73 Å². The molecule has 0 bridgehead atoms. The van der Waals surface area contributed by atoms with Crippen LogP contribution in [0.5, 0.6) is 0 Å². The van der Waals surface area contributed by atoms with E-state index in [0.29, 0.717) is 0 Å². The van der Waals surface area contributed by atoms with Crippen LogP contribution < -0.4 is 11.1 Å². The molecule has 0 unspecified atom stereocenters. The second-order valence-electron chi connectivity index (χ2n) is 4.27. The number of hydrogen-bond donors (Lipinski definition) is 2. The molecule has 6 nitrogen and oxygen atoms in total. The van der Waals surface area contributed by atoms with Crippen LogP contribution in [0.1, 0.15) is 18.3 Å². The first-order chi connectivity index (χ1) is 9.29. The standard InChI is InChI=1S/C11H12F3N5O.2ClH/c1-6(15)10(20)16-4-9-18-17-8-3-2-7(5-19(8)9)11(12,13)14;;/h2-3,5-6H,4,15H2,1H3,(H,16,20);2*1H/t6-;;/m1../s1. The first-order valence-electron chi connectivity index (χ1n) is 5.73. The van der Waals surface area contributed by atoms with E-state index in [1.54, 1.807) is 0 Å². The van der Waals surface area contributed by atoms with Crippen LogP contribution in [0.25, 0.3) is 5.65 Å². The molecule has 0 saturated heterocycles. The fraction of sp³-hybridized carbons (Fsp3) is 0.364. The van der Waals surface area contributed by atoms with Gasteiger partial charge in [0.1, 0.15) is 0 Å². The van der Waals surface area contributed by atoms with Crippen molar-refractivity contribution >= 4 is 36.4 Å². The molecule has 3 N–H and O–H groups in total. The Hall–Kier alpha value is -1.58. The van der Waals surface area contributed by atoms with E-state index in [-0.39, 0.29) is 42.8 Å². The number of fused-ring (bicyclic) bond motifs is 1. The van der Waals surface area contributed by atoms with Gasteiger partial charge in [0.05, 0.1) is 18.2 Å². The third-order valence-corrected chi connectivity index (χ3v) is 2.63. The molecule has 0 aliphatic carbocycles. The zero-order valence-electron chi connectivity index (χ0n) is 11.3. The SMILES string of the molecule is C[C@@H](N)C(=O)NCc1nnc2ccc(C(F)(F)F)cn12.Cl.Cl. The van der Waals surface area contributed by atoms with Gasteiger partial charge in [-0.25, -0.2) is 0 Å². The van der Waals surface area contributed by atoms with Crippen LogP contribution >= 0.6 is 24.8 Å². The Morgan fingerprint density at radius 3 is 2.55 bits per heavy atom. The van der Waals surface area contributed by atoms with Gasteiger partial charge in [-0.05, 0) is 19.1 Å². The number of carbonyl (C=O) groups excluding carboxylic acids is 1. The Labute approximate surface area is 136 Å². The van der Waals surface area contributed by atoms with E-state index in [1.165, 1.54) is 17.4 Å². The molecule has 11 heteroatoms. The van der Waals surface area contributed by atoms with Crippen molar-refractivity contribution in [3.63, 3.8) is 0 Å². The van der Waals surface area contributed by atoms with Crippen LogP contribution in [0.4, 0.5) is 13.2 Å². The lowest BCUT2D eigenvalue weighted by Crippen LogP contribution is -2.38. The van der Waals surface area contributed by atoms with E-state index >= 15 is 0 Å². The first-order valence-corrected chi connectivity index (χ1v) is 5.73. The fourth-order valence-corrected chi connectivity index (χ4v) is 1.55. The van der Waals surface area contributed by atoms with Gasteiger partial charge in [-0.15, -0.1) is 35.0 Å². The number of nitrogens with two attached hydrogens (primary N) is 1. The maximum Gasteiger partial charge on any atom is 0.417 e. The number of amides is 1. The average Bonchev–Trinajstić information content (AvgIpc) is 2.77. The minimum absolute atomic E-state index is 0. The number of nitrogens with one attached hydrogen (secondary N) is 1. The molecule has 124 valence electrons. The quantitative estimate of drug-likeness (QED) is 0.870. The normalized spacial score (nSPS) is 12.2. The molecule has 1 atom stereocenters. The van der Waals surface area contributed by atoms with Gasteiger partial charge in [0, 0.05) is 6.20 Å². The highest BCUT2D eigenvalue weighted by Gasteiger charge is 2.31. The molecule has 2 aromatic heterocycles. The third-order valence-electron chi connectivity index (χ3n) is 2.63. The highest BCUT2D eigenvalue weighted by Crippen LogP contribution is 2.29. The minimum atomic E-state index is -4.45. The van der Waals surface area contributed by atoms with Gasteiger partial charge in [-0.1, -0.05) is 0 Å². The third kappa shape index (κ3) is 4.46. The largest absolute Gasteiger partial charge is 0.417 e. The van der Waals surface area contributed by atoms with Crippen molar-refractivity contribution in [2.45, 2.75) is 25.7 Å². The molecule has 1 amide bonds. The van der Waals surface area contributed by atoms with Crippen LogP contribution in [0.2, 0.25) is 0 Å². The summed E-state index contributed by atoms with van der Waals surface area (Å²) in [5, 5.41) is 9.93. The number of carbonyl (C=O) groups is 1. The van der Waals surface area contributed by atoms with Crippen LogP contribution in [0.3, 0.4) is 0 Å². The average molecular weight is 360 g/mol. The summed E-state index contributed by atoms with van der Waals surface area (Å²) < 4.78 is 39.1. The van der Waals surface area contributed by atoms with E-state index in [9.17, 15) is 18.0 Å². The van der Waals surface area contributed by atoms with E-state index < -0.39 is 23.7 Å². The van der Waals surface area contributed by atoms with Crippen LogP contribution in [0, 0.1) is 0 Å². The lowest BCUT2D eigenvalue weighted by atomic mass is 10.3. The van der Waals surface area contributed by atoms with E-state index in [2.05, 4.69) is 15.5 Å². The summed E-state index contributed by atoms with van der Waals surface area (Å²) in [5.74, 6) is -0.228. The van der Waals surface area contributed by atoms with Crippen molar-refractivity contribution in [3.05, 3.63) is 29.7 Å². The summed E-state index contributed by atoms with van der Waals surface area (Å²) in [5.41, 5.74) is 4.82. The summed E-state index contributed by atoms with van der Waals surface area (Å²) in [6.07, 6.45) is -3.56. The number of halogens is 5. The minimum Gasteiger partial charge on any atom is -0.347 e. The molecule has 22 heavy (non-hydrogen) atoms. The second-order valence-corrected chi connectivity index (χ2v) is 4.27. The summed E-state index contributed by atoms with van der Waals surface area (Å²) >= 11 is 0. The van der Waals surface area contributed by atoms with Crippen molar-refractivity contribution in [2.75, 3.05) is 0 Å². The predicted octanol–water partition coefficient (Wildman–Crippen LogP) is 1.56. The zero-order valence-corrected chi connectivity index (χ0v) is 12.9. The number of pyridine rings is 1. The molecule has 2 heterocycles. The molecule has 2 rings (SSSR count). The van der Waals surface area contributed by atoms with Gasteiger partial charge in [-0.3, -0.25) is 9.20 Å². The molecule has 2 aromatic rings. The Kier molecular flexibility index (Phi) is 7.07. The lowest BCUT2D eigenvalue weighted by Gasteiger charge is -2.08. The summed E-state index contributed by atoms with van der Waals surface area (Å²) in [4.78, 5) is 11.3. The Bertz CT molecular complexity index is 644. The van der Waals surface area contributed by atoms with Gasteiger partial charge in [-0.2, -0.15) is 13.2 Å². The van der Waals surface area contributed by atoms with Gasteiger partial charge >= 0.3 is 6.18 Å². The number of nitrogens with zero attached hydrogens (tertiary/aromatic N) is 3. The van der Waals surface area contributed by atoms with Crippen molar-refractivity contribution in [1.82, 2.24) is 19.9 Å². The molecule has 0 aliphatic heterocycles. The number of aromatic nitrogens is 3. The van der Waals surface area contributed by atoms with Gasteiger partial charge < -0.3 is 11.1 Å². The van der Waals surface area contributed by atoms with Crippen molar-refractivity contribution in [1.29, 1.82) is 0 Å². The van der Waals surface area contributed by atoms with Crippen LogP contribution in [-0.2, 0) is 17.5 Å². The van der Waals surface area contributed by atoms with Crippen molar-refractivity contribution in [3.8, 4) is 0 Å². The Morgan fingerprint density at radius 1 is 1.36 bits per heavy atom. The van der Waals surface area contributed by atoms with E-state index in [4.69, 9.17) is 5.73 Å². The molecule has 0 radical (unpaired) electrons.